The van der Waals surface area contributed by atoms with Gasteiger partial charge in [-0.2, -0.15) is 0 Å². The van der Waals surface area contributed by atoms with Crippen molar-refractivity contribution in [1.29, 1.82) is 0 Å². The Morgan fingerprint density at radius 2 is 2.12 bits per heavy atom. The maximum atomic E-state index is 12.7. The molecule has 1 aliphatic rings. The molecule has 3 nitrogen and oxygen atoms in total. The van der Waals surface area contributed by atoms with E-state index in [1.165, 1.54) is 12.1 Å². The van der Waals surface area contributed by atoms with Crippen LogP contribution in [-0.2, 0) is 0 Å². The van der Waals surface area contributed by atoms with Crippen LogP contribution in [0.5, 0.6) is 11.5 Å². The van der Waals surface area contributed by atoms with E-state index in [2.05, 4.69) is 0 Å². The minimum Gasteiger partial charge on any atom is -0.454 e. The minimum absolute atomic E-state index is 0.0341. The first-order valence-corrected chi connectivity index (χ1v) is 5.55. The van der Waals surface area contributed by atoms with Gasteiger partial charge in [-0.1, -0.05) is 6.92 Å². The van der Waals surface area contributed by atoms with E-state index in [1.807, 2.05) is 6.92 Å². The lowest BCUT2D eigenvalue weighted by molar-refractivity contribution is 0.150. The standard InChI is InChI=1S/C12H15F2NO2/c1-7(2-3-15)9-4-8(12(13)14)5-10-11(9)17-6-16-10/h4-5,7,12H,2-3,6,15H2,1H3. The fourth-order valence-electron chi connectivity index (χ4n) is 1.96. The number of alkyl halides is 2. The summed E-state index contributed by atoms with van der Waals surface area (Å²) < 4.78 is 36.0. The van der Waals surface area contributed by atoms with Crippen LogP contribution in [0.4, 0.5) is 8.78 Å². The molecule has 5 heteroatoms. The molecule has 0 bridgehead atoms. The number of halogens is 2. The van der Waals surface area contributed by atoms with Gasteiger partial charge in [0, 0.05) is 11.1 Å². The van der Waals surface area contributed by atoms with Gasteiger partial charge < -0.3 is 15.2 Å². The molecule has 1 aromatic rings. The van der Waals surface area contributed by atoms with Crippen molar-refractivity contribution >= 4 is 0 Å². The topological polar surface area (TPSA) is 44.5 Å². The smallest absolute Gasteiger partial charge is 0.263 e. The number of fused-ring (bicyclic) bond motifs is 1. The van der Waals surface area contributed by atoms with Gasteiger partial charge in [-0.05, 0) is 31.0 Å². The zero-order valence-electron chi connectivity index (χ0n) is 9.58. The molecular weight excluding hydrogens is 228 g/mol. The second kappa shape index (κ2) is 4.87. The van der Waals surface area contributed by atoms with E-state index in [1.54, 1.807) is 0 Å². The zero-order valence-corrected chi connectivity index (χ0v) is 9.58. The Morgan fingerprint density at radius 3 is 2.76 bits per heavy atom. The number of ether oxygens (including phenoxy) is 2. The summed E-state index contributed by atoms with van der Waals surface area (Å²) in [4.78, 5) is 0. The normalized spacial score (nSPS) is 15.4. The fourth-order valence-corrected chi connectivity index (χ4v) is 1.96. The van der Waals surface area contributed by atoms with Gasteiger partial charge in [0.25, 0.3) is 6.43 Å². The highest BCUT2D eigenvalue weighted by molar-refractivity contribution is 5.52. The molecule has 0 radical (unpaired) electrons. The number of nitrogens with two attached hydrogens (primary N) is 1. The van der Waals surface area contributed by atoms with E-state index in [0.717, 1.165) is 12.0 Å². The van der Waals surface area contributed by atoms with E-state index in [0.29, 0.717) is 18.0 Å². The van der Waals surface area contributed by atoms with Crippen LogP contribution >= 0.6 is 0 Å². The second-order valence-electron chi connectivity index (χ2n) is 4.12. The molecule has 1 aliphatic heterocycles. The van der Waals surface area contributed by atoms with E-state index in [4.69, 9.17) is 15.2 Å². The Kier molecular flexibility index (Phi) is 3.47. The number of benzene rings is 1. The lowest BCUT2D eigenvalue weighted by atomic mass is 9.94. The SMILES string of the molecule is CC(CCN)c1cc(C(F)F)cc2c1OCO2. The lowest BCUT2D eigenvalue weighted by Gasteiger charge is -2.14. The van der Waals surface area contributed by atoms with Crippen LogP contribution in [0.3, 0.4) is 0 Å². The summed E-state index contributed by atoms with van der Waals surface area (Å²) in [6.07, 6.45) is -1.78. The van der Waals surface area contributed by atoms with Crippen LogP contribution in [0, 0.1) is 0 Å². The highest BCUT2D eigenvalue weighted by atomic mass is 19.3. The second-order valence-corrected chi connectivity index (χ2v) is 4.12. The molecule has 0 spiro atoms. The predicted molar refractivity (Wildman–Crippen MR) is 59.6 cm³/mol. The minimum atomic E-state index is -2.51. The van der Waals surface area contributed by atoms with Crippen LogP contribution in [0.1, 0.15) is 36.8 Å². The molecule has 1 heterocycles. The van der Waals surface area contributed by atoms with E-state index >= 15 is 0 Å². The fraction of sp³-hybridized carbons (Fsp3) is 0.500. The van der Waals surface area contributed by atoms with Gasteiger partial charge in [0.05, 0.1) is 0 Å². The highest BCUT2D eigenvalue weighted by Gasteiger charge is 2.24. The summed E-state index contributed by atoms with van der Waals surface area (Å²) in [5.74, 6) is 1.06. The molecule has 0 amide bonds. The largest absolute Gasteiger partial charge is 0.454 e. The van der Waals surface area contributed by atoms with Gasteiger partial charge in [-0.15, -0.1) is 0 Å². The van der Waals surface area contributed by atoms with Gasteiger partial charge >= 0.3 is 0 Å². The Balaban J connectivity index is 2.42. The summed E-state index contributed by atoms with van der Waals surface area (Å²) >= 11 is 0. The van der Waals surface area contributed by atoms with Crippen LogP contribution in [0.15, 0.2) is 12.1 Å². The van der Waals surface area contributed by atoms with Crippen molar-refractivity contribution in [2.24, 2.45) is 5.73 Å². The molecule has 0 aromatic heterocycles. The first kappa shape index (κ1) is 12.1. The first-order valence-electron chi connectivity index (χ1n) is 5.55. The summed E-state index contributed by atoms with van der Waals surface area (Å²) in [6.45, 7) is 2.54. The van der Waals surface area contributed by atoms with E-state index in [9.17, 15) is 8.78 Å². The van der Waals surface area contributed by atoms with Crippen molar-refractivity contribution in [3.05, 3.63) is 23.3 Å². The Labute approximate surface area is 98.5 Å². The van der Waals surface area contributed by atoms with Crippen LogP contribution < -0.4 is 15.2 Å². The van der Waals surface area contributed by atoms with Crippen molar-refractivity contribution in [2.75, 3.05) is 13.3 Å². The zero-order chi connectivity index (χ0) is 12.4. The molecule has 0 saturated heterocycles. The van der Waals surface area contributed by atoms with E-state index < -0.39 is 6.43 Å². The van der Waals surface area contributed by atoms with Gasteiger partial charge in [0.15, 0.2) is 11.5 Å². The third-order valence-corrected chi connectivity index (χ3v) is 2.91. The molecule has 2 rings (SSSR count). The molecule has 1 unspecified atom stereocenters. The average Bonchev–Trinajstić information content (AvgIpc) is 2.75. The van der Waals surface area contributed by atoms with Gasteiger partial charge in [-0.25, -0.2) is 8.78 Å². The van der Waals surface area contributed by atoms with Crippen molar-refractivity contribution < 1.29 is 18.3 Å². The third kappa shape index (κ3) is 2.34. The lowest BCUT2D eigenvalue weighted by Crippen LogP contribution is -2.06. The molecule has 2 N–H and O–H groups in total. The molecule has 0 saturated carbocycles. The Bertz CT molecular complexity index is 410. The van der Waals surface area contributed by atoms with Crippen LogP contribution in [0.2, 0.25) is 0 Å². The Morgan fingerprint density at radius 1 is 1.35 bits per heavy atom. The monoisotopic (exact) mass is 243 g/mol. The molecule has 0 aliphatic carbocycles. The number of hydrogen-bond donors (Lipinski definition) is 1. The van der Waals surface area contributed by atoms with Gasteiger partial charge in [0.1, 0.15) is 0 Å². The van der Waals surface area contributed by atoms with Crippen LogP contribution in [0.25, 0.3) is 0 Å². The summed E-state index contributed by atoms with van der Waals surface area (Å²) in [5.41, 5.74) is 6.21. The van der Waals surface area contributed by atoms with Crippen molar-refractivity contribution in [1.82, 2.24) is 0 Å². The molecule has 1 aromatic carbocycles. The maximum Gasteiger partial charge on any atom is 0.263 e. The van der Waals surface area contributed by atoms with Crippen molar-refractivity contribution in [2.45, 2.75) is 25.7 Å². The molecule has 17 heavy (non-hydrogen) atoms. The average molecular weight is 243 g/mol. The molecule has 0 fully saturated rings. The first-order chi connectivity index (χ1) is 8.13. The highest BCUT2D eigenvalue weighted by Crippen LogP contribution is 2.42. The quantitative estimate of drug-likeness (QED) is 0.884. The molecule has 94 valence electrons. The van der Waals surface area contributed by atoms with E-state index in [-0.39, 0.29) is 18.3 Å². The van der Waals surface area contributed by atoms with Crippen molar-refractivity contribution in [3.8, 4) is 11.5 Å². The maximum absolute atomic E-state index is 12.7. The van der Waals surface area contributed by atoms with Crippen LogP contribution in [-0.4, -0.2) is 13.3 Å². The van der Waals surface area contributed by atoms with Crippen molar-refractivity contribution in [3.63, 3.8) is 0 Å². The summed E-state index contributed by atoms with van der Waals surface area (Å²) in [5, 5.41) is 0. The van der Waals surface area contributed by atoms with Gasteiger partial charge in [-0.3, -0.25) is 0 Å². The number of hydrogen-bond acceptors (Lipinski definition) is 3. The summed E-state index contributed by atoms with van der Waals surface area (Å²) in [7, 11) is 0. The number of rotatable bonds is 4. The third-order valence-electron chi connectivity index (χ3n) is 2.91. The van der Waals surface area contributed by atoms with Gasteiger partial charge in [0.2, 0.25) is 6.79 Å². The molecular formula is C12H15F2NO2. The predicted octanol–water partition coefficient (Wildman–Crippen LogP) is 2.81. The molecule has 1 atom stereocenters. The summed E-state index contributed by atoms with van der Waals surface area (Å²) in [6, 6.07) is 2.82. The Hall–Kier alpha value is -1.36.